The second-order valence-electron chi connectivity index (χ2n) is 5.75. The minimum atomic E-state index is 0.288. The zero-order valence-electron chi connectivity index (χ0n) is 14.3. The monoisotopic (exact) mass is 376 g/mol. The van der Waals surface area contributed by atoms with Gasteiger partial charge in [0.25, 0.3) is 0 Å². The van der Waals surface area contributed by atoms with E-state index in [0.29, 0.717) is 29.9 Å². The summed E-state index contributed by atoms with van der Waals surface area (Å²) in [6.07, 6.45) is 3.46. The third-order valence-electron chi connectivity index (χ3n) is 3.96. The van der Waals surface area contributed by atoms with Gasteiger partial charge in [-0.1, -0.05) is 23.2 Å². The van der Waals surface area contributed by atoms with Crippen molar-refractivity contribution in [3.05, 3.63) is 21.9 Å². The van der Waals surface area contributed by atoms with Crippen LogP contribution in [0.4, 0.5) is 0 Å². The van der Waals surface area contributed by atoms with Gasteiger partial charge in [-0.2, -0.15) is 0 Å². The number of halogens is 2. The minimum Gasteiger partial charge on any atom is -0.379 e. The Labute approximate surface area is 153 Å². The molecule has 0 amide bonds. The summed E-state index contributed by atoms with van der Waals surface area (Å²) in [4.78, 5) is 4.20. The number of nitrogens with one attached hydrogen (secondary N) is 2. The summed E-state index contributed by atoms with van der Waals surface area (Å²) in [6, 6.07) is 1.85. The summed E-state index contributed by atoms with van der Waals surface area (Å²) in [7, 11) is 3.63. The predicted molar refractivity (Wildman–Crippen MR) is 98.0 cm³/mol. The molecule has 2 rings (SSSR count). The van der Waals surface area contributed by atoms with Crippen molar-refractivity contribution in [3.8, 4) is 0 Å². The molecule has 0 saturated carbocycles. The number of nitrogens with zero attached hydrogens (tertiary/aromatic N) is 2. The van der Waals surface area contributed by atoms with Gasteiger partial charge in [-0.3, -0.25) is 4.99 Å². The SMILES string of the molecule is CN=C(NCCCOCC1CCCO1)NCc1cc(Cl)c(Cl)n1C. The van der Waals surface area contributed by atoms with E-state index in [2.05, 4.69) is 15.6 Å². The van der Waals surface area contributed by atoms with Crippen LogP contribution in [0, 0.1) is 0 Å². The van der Waals surface area contributed by atoms with Gasteiger partial charge in [-0.25, -0.2) is 0 Å². The lowest BCUT2D eigenvalue weighted by Gasteiger charge is -2.13. The molecule has 6 nitrogen and oxygen atoms in total. The molecule has 1 saturated heterocycles. The van der Waals surface area contributed by atoms with Crippen molar-refractivity contribution in [1.82, 2.24) is 15.2 Å². The molecule has 1 aromatic rings. The molecule has 24 heavy (non-hydrogen) atoms. The van der Waals surface area contributed by atoms with Gasteiger partial charge in [0.1, 0.15) is 5.15 Å². The van der Waals surface area contributed by atoms with E-state index >= 15 is 0 Å². The molecule has 0 radical (unpaired) electrons. The first-order chi connectivity index (χ1) is 11.6. The van der Waals surface area contributed by atoms with Crippen molar-refractivity contribution >= 4 is 29.2 Å². The molecule has 2 heterocycles. The van der Waals surface area contributed by atoms with Crippen LogP contribution < -0.4 is 10.6 Å². The fraction of sp³-hybridized carbons (Fsp3) is 0.688. The van der Waals surface area contributed by atoms with Crippen molar-refractivity contribution in [3.63, 3.8) is 0 Å². The number of hydrogen-bond acceptors (Lipinski definition) is 3. The second-order valence-corrected chi connectivity index (χ2v) is 6.51. The van der Waals surface area contributed by atoms with Crippen molar-refractivity contribution in [2.45, 2.75) is 31.9 Å². The molecule has 2 N–H and O–H groups in total. The van der Waals surface area contributed by atoms with Crippen LogP contribution in [0.5, 0.6) is 0 Å². The van der Waals surface area contributed by atoms with Crippen LogP contribution in [0.2, 0.25) is 10.2 Å². The van der Waals surface area contributed by atoms with Gasteiger partial charge in [0.15, 0.2) is 5.96 Å². The van der Waals surface area contributed by atoms with Gasteiger partial charge in [0, 0.05) is 39.5 Å². The first kappa shape index (κ1) is 19.4. The first-order valence-electron chi connectivity index (χ1n) is 8.25. The molecule has 1 aliphatic rings. The number of aromatic nitrogens is 1. The Morgan fingerprint density at radius 1 is 1.46 bits per heavy atom. The zero-order valence-corrected chi connectivity index (χ0v) is 15.8. The smallest absolute Gasteiger partial charge is 0.191 e. The molecular weight excluding hydrogens is 351 g/mol. The van der Waals surface area contributed by atoms with E-state index in [-0.39, 0.29) is 6.10 Å². The molecule has 136 valence electrons. The first-order valence-corrected chi connectivity index (χ1v) is 9.01. The van der Waals surface area contributed by atoms with Crippen LogP contribution >= 0.6 is 23.2 Å². The van der Waals surface area contributed by atoms with E-state index in [0.717, 1.165) is 44.1 Å². The fourth-order valence-corrected chi connectivity index (χ4v) is 2.94. The van der Waals surface area contributed by atoms with Gasteiger partial charge in [-0.05, 0) is 25.3 Å². The van der Waals surface area contributed by atoms with Gasteiger partial charge in [0.2, 0.25) is 0 Å². The maximum absolute atomic E-state index is 6.06. The lowest BCUT2D eigenvalue weighted by molar-refractivity contribution is 0.0168. The Morgan fingerprint density at radius 3 is 2.92 bits per heavy atom. The van der Waals surface area contributed by atoms with Crippen LogP contribution in [0.25, 0.3) is 0 Å². The van der Waals surface area contributed by atoms with Crippen LogP contribution in [0.15, 0.2) is 11.1 Å². The average molecular weight is 377 g/mol. The molecule has 1 atom stereocenters. The lowest BCUT2D eigenvalue weighted by Crippen LogP contribution is -2.38. The highest BCUT2D eigenvalue weighted by Gasteiger charge is 2.15. The number of guanidine groups is 1. The van der Waals surface area contributed by atoms with Gasteiger partial charge >= 0.3 is 0 Å². The Bertz CT molecular complexity index is 542. The standard InChI is InChI=1S/C16H26Cl2N4O2/c1-19-16(21-10-12-9-14(17)15(18)22(12)2)20-6-4-7-23-11-13-5-3-8-24-13/h9,13H,3-8,10-11H2,1-2H3,(H2,19,20,21). The third kappa shape index (κ3) is 5.84. The average Bonchev–Trinajstić information content (AvgIpc) is 3.18. The molecule has 1 aromatic heterocycles. The van der Waals surface area contributed by atoms with E-state index in [1.165, 1.54) is 0 Å². The third-order valence-corrected chi connectivity index (χ3v) is 4.80. The topological polar surface area (TPSA) is 59.8 Å². The summed E-state index contributed by atoms with van der Waals surface area (Å²) in [5, 5.41) is 7.60. The Hall–Kier alpha value is -0.950. The number of aliphatic imine (C=N–C) groups is 1. The lowest BCUT2D eigenvalue weighted by atomic mass is 10.2. The Balaban J connectivity index is 1.59. The second kappa shape index (κ2) is 10.1. The van der Waals surface area contributed by atoms with Crippen LogP contribution in [-0.4, -0.2) is 50.0 Å². The summed E-state index contributed by atoms with van der Waals surface area (Å²) in [6.45, 7) is 3.67. The number of hydrogen-bond donors (Lipinski definition) is 2. The van der Waals surface area contributed by atoms with Gasteiger partial charge < -0.3 is 24.7 Å². The van der Waals surface area contributed by atoms with Crippen molar-refractivity contribution in [2.24, 2.45) is 12.0 Å². The Morgan fingerprint density at radius 2 is 2.29 bits per heavy atom. The molecule has 1 unspecified atom stereocenters. The van der Waals surface area contributed by atoms with Gasteiger partial charge in [-0.15, -0.1) is 0 Å². The molecule has 0 aliphatic carbocycles. The van der Waals surface area contributed by atoms with Crippen LogP contribution in [-0.2, 0) is 23.1 Å². The maximum Gasteiger partial charge on any atom is 0.191 e. The van der Waals surface area contributed by atoms with E-state index in [1.54, 1.807) is 7.05 Å². The van der Waals surface area contributed by atoms with Crippen molar-refractivity contribution in [2.75, 3.05) is 33.4 Å². The zero-order chi connectivity index (χ0) is 17.4. The minimum absolute atomic E-state index is 0.288. The van der Waals surface area contributed by atoms with Crippen LogP contribution in [0.3, 0.4) is 0 Å². The van der Waals surface area contributed by atoms with E-state index in [1.807, 2.05) is 17.7 Å². The predicted octanol–water partition coefficient (Wildman–Crippen LogP) is 2.58. The Kier molecular flexibility index (Phi) is 8.18. The van der Waals surface area contributed by atoms with E-state index < -0.39 is 0 Å². The molecule has 0 spiro atoms. The molecule has 1 aliphatic heterocycles. The molecule has 1 fully saturated rings. The highest BCUT2D eigenvalue weighted by Crippen LogP contribution is 2.24. The van der Waals surface area contributed by atoms with Crippen molar-refractivity contribution < 1.29 is 9.47 Å². The summed E-state index contributed by atoms with van der Waals surface area (Å²) in [5.41, 5.74) is 0.993. The maximum atomic E-state index is 6.06. The summed E-state index contributed by atoms with van der Waals surface area (Å²) >= 11 is 12.1. The normalized spacial score (nSPS) is 18.2. The molecule has 0 bridgehead atoms. The summed E-state index contributed by atoms with van der Waals surface area (Å²) < 4.78 is 13.0. The number of rotatable bonds is 8. The molecular formula is C16H26Cl2N4O2. The number of ether oxygens (including phenoxy) is 2. The molecule has 0 aromatic carbocycles. The van der Waals surface area contributed by atoms with E-state index in [4.69, 9.17) is 32.7 Å². The highest BCUT2D eigenvalue weighted by molar-refractivity contribution is 6.41. The van der Waals surface area contributed by atoms with Gasteiger partial charge in [0.05, 0.1) is 24.3 Å². The van der Waals surface area contributed by atoms with Crippen molar-refractivity contribution in [1.29, 1.82) is 0 Å². The highest BCUT2D eigenvalue weighted by atomic mass is 35.5. The van der Waals surface area contributed by atoms with Crippen LogP contribution in [0.1, 0.15) is 25.0 Å². The van der Waals surface area contributed by atoms with E-state index in [9.17, 15) is 0 Å². The quantitative estimate of drug-likeness (QED) is 0.415. The molecule has 8 heteroatoms. The summed E-state index contributed by atoms with van der Waals surface area (Å²) in [5.74, 6) is 0.738. The fourth-order valence-electron chi connectivity index (χ4n) is 2.53. The largest absolute Gasteiger partial charge is 0.379 e.